The van der Waals surface area contributed by atoms with Crippen LogP contribution in [0, 0.1) is 0 Å². The van der Waals surface area contributed by atoms with Gasteiger partial charge < -0.3 is 21.5 Å². The predicted octanol–water partition coefficient (Wildman–Crippen LogP) is -2.01. The van der Waals surface area contributed by atoms with Gasteiger partial charge in [0.25, 0.3) is 0 Å². The fourth-order valence-corrected chi connectivity index (χ4v) is 1.37. The second kappa shape index (κ2) is 2.98. The number of urea groups is 1. The van der Waals surface area contributed by atoms with Crippen molar-refractivity contribution in [1.82, 2.24) is 4.90 Å². The number of carbonyl (C=O) groups is 2. The molecule has 0 unspecified atom stereocenters. The van der Waals surface area contributed by atoms with E-state index in [1.54, 1.807) is 0 Å². The quantitative estimate of drug-likeness (QED) is 0.426. The third-order valence-corrected chi connectivity index (χ3v) is 1.94. The van der Waals surface area contributed by atoms with Crippen molar-refractivity contribution in [2.75, 3.05) is 6.54 Å². The smallest absolute Gasteiger partial charge is 0.315 e. The van der Waals surface area contributed by atoms with Crippen LogP contribution in [0.4, 0.5) is 4.79 Å². The topological polar surface area (TPSA) is 110 Å². The lowest BCUT2D eigenvalue weighted by Gasteiger charge is -2.20. The zero-order chi connectivity index (χ0) is 9.30. The molecule has 3 amide bonds. The summed E-state index contributed by atoms with van der Waals surface area (Å²) in [5.41, 5.74) is 9.92. The number of aliphatic hydroxyl groups is 1. The summed E-state index contributed by atoms with van der Waals surface area (Å²) in [6.45, 7) is 0.282. The Hall–Kier alpha value is -1.30. The normalized spacial score (nSPS) is 28.9. The summed E-state index contributed by atoms with van der Waals surface area (Å²) in [6, 6.07) is -1.68. The van der Waals surface area contributed by atoms with E-state index in [4.69, 9.17) is 11.5 Å². The zero-order valence-electron chi connectivity index (χ0n) is 6.43. The molecule has 0 aromatic rings. The Morgan fingerprint density at radius 1 is 1.42 bits per heavy atom. The Kier molecular flexibility index (Phi) is 2.18. The van der Waals surface area contributed by atoms with E-state index < -0.39 is 24.1 Å². The van der Waals surface area contributed by atoms with Crippen LogP contribution in [-0.2, 0) is 4.79 Å². The van der Waals surface area contributed by atoms with Gasteiger partial charge in [-0.25, -0.2) is 4.79 Å². The maximum Gasteiger partial charge on any atom is 0.315 e. The van der Waals surface area contributed by atoms with Gasteiger partial charge in [-0.3, -0.25) is 4.79 Å². The van der Waals surface area contributed by atoms with Gasteiger partial charge in [0.15, 0.2) is 0 Å². The van der Waals surface area contributed by atoms with Crippen LogP contribution < -0.4 is 11.5 Å². The summed E-state index contributed by atoms with van der Waals surface area (Å²) in [7, 11) is 0. The molecule has 1 fully saturated rings. The average Bonchev–Trinajstić information content (AvgIpc) is 2.30. The van der Waals surface area contributed by atoms with Gasteiger partial charge in [-0.2, -0.15) is 0 Å². The van der Waals surface area contributed by atoms with E-state index in [2.05, 4.69) is 0 Å². The van der Waals surface area contributed by atoms with E-state index in [1.807, 2.05) is 0 Å². The van der Waals surface area contributed by atoms with Crippen LogP contribution in [0.1, 0.15) is 6.42 Å². The largest absolute Gasteiger partial charge is 0.390 e. The lowest BCUT2D eigenvalue weighted by atomic mass is 10.1. The molecule has 1 rings (SSSR count). The number of carbonyl (C=O) groups excluding carboxylic acids is 2. The van der Waals surface area contributed by atoms with E-state index >= 15 is 0 Å². The molecule has 0 radical (unpaired) electrons. The van der Waals surface area contributed by atoms with Crippen LogP contribution in [0.15, 0.2) is 0 Å². The molecular formula is C6H11N3O3. The van der Waals surface area contributed by atoms with Crippen molar-refractivity contribution < 1.29 is 14.7 Å². The number of amides is 3. The third-order valence-electron chi connectivity index (χ3n) is 1.94. The molecular weight excluding hydrogens is 162 g/mol. The predicted molar refractivity (Wildman–Crippen MR) is 39.9 cm³/mol. The van der Waals surface area contributed by atoms with E-state index in [0.29, 0.717) is 6.42 Å². The minimum atomic E-state index is -0.956. The summed E-state index contributed by atoms with van der Waals surface area (Å²) < 4.78 is 0. The maximum absolute atomic E-state index is 10.7. The highest BCUT2D eigenvalue weighted by atomic mass is 16.3. The summed E-state index contributed by atoms with van der Waals surface area (Å²) in [5.74, 6) is -0.723. The molecule has 68 valence electrons. The van der Waals surface area contributed by atoms with Crippen molar-refractivity contribution in [2.24, 2.45) is 11.5 Å². The Labute approximate surface area is 69.1 Å². The Balaban J connectivity index is 2.77. The van der Waals surface area contributed by atoms with E-state index in [0.717, 1.165) is 4.90 Å². The molecule has 0 bridgehead atoms. The third kappa shape index (κ3) is 1.33. The Morgan fingerprint density at radius 2 is 2.00 bits per heavy atom. The first-order valence-electron chi connectivity index (χ1n) is 3.57. The molecule has 1 saturated heterocycles. The second-order valence-corrected chi connectivity index (χ2v) is 2.73. The van der Waals surface area contributed by atoms with Crippen molar-refractivity contribution in [2.45, 2.75) is 18.6 Å². The van der Waals surface area contributed by atoms with Crippen molar-refractivity contribution in [3.8, 4) is 0 Å². The van der Waals surface area contributed by atoms with Gasteiger partial charge in [-0.15, -0.1) is 0 Å². The molecule has 5 N–H and O–H groups in total. The van der Waals surface area contributed by atoms with Gasteiger partial charge in [0, 0.05) is 6.54 Å². The van der Waals surface area contributed by atoms with Crippen molar-refractivity contribution >= 4 is 11.9 Å². The highest BCUT2D eigenvalue weighted by molar-refractivity contribution is 5.86. The molecule has 1 heterocycles. The van der Waals surface area contributed by atoms with Crippen LogP contribution in [0.2, 0.25) is 0 Å². The zero-order valence-corrected chi connectivity index (χ0v) is 6.43. The van der Waals surface area contributed by atoms with Gasteiger partial charge >= 0.3 is 6.03 Å². The SMILES string of the molecule is NC(=O)[C@@H]1[C@@H](O)CCN1C(N)=O. The maximum atomic E-state index is 10.7. The highest BCUT2D eigenvalue weighted by Crippen LogP contribution is 2.16. The Morgan fingerprint density at radius 3 is 2.33 bits per heavy atom. The number of primary amides is 2. The molecule has 6 heteroatoms. The molecule has 0 spiro atoms. The molecule has 0 saturated carbocycles. The van der Waals surface area contributed by atoms with Crippen LogP contribution in [0.25, 0.3) is 0 Å². The molecule has 2 atom stereocenters. The summed E-state index contributed by atoms with van der Waals surface area (Å²) >= 11 is 0. The van der Waals surface area contributed by atoms with Crippen LogP contribution in [0.3, 0.4) is 0 Å². The number of hydrogen-bond donors (Lipinski definition) is 3. The fourth-order valence-electron chi connectivity index (χ4n) is 1.37. The van der Waals surface area contributed by atoms with Crippen LogP contribution in [0.5, 0.6) is 0 Å². The number of aliphatic hydroxyl groups excluding tert-OH is 1. The van der Waals surface area contributed by atoms with Gasteiger partial charge in [-0.05, 0) is 6.42 Å². The number of rotatable bonds is 1. The van der Waals surface area contributed by atoms with Gasteiger partial charge in [-0.1, -0.05) is 0 Å². The van der Waals surface area contributed by atoms with E-state index in [1.165, 1.54) is 0 Å². The van der Waals surface area contributed by atoms with Crippen molar-refractivity contribution in [3.63, 3.8) is 0 Å². The summed E-state index contributed by atoms with van der Waals surface area (Å²) in [6.07, 6.45) is -0.536. The summed E-state index contributed by atoms with van der Waals surface area (Å²) in [4.78, 5) is 22.5. The number of hydrogen-bond acceptors (Lipinski definition) is 3. The molecule has 12 heavy (non-hydrogen) atoms. The minimum Gasteiger partial charge on any atom is -0.390 e. The van der Waals surface area contributed by atoms with Crippen LogP contribution in [-0.4, -0.2) is 40.6 Å². The molecule has 6 nitrogen and oxygen atoms in total. The molecule has 1 aliphatic rings. The molecule has 0 aromatic heterocycles. The fraction of sp³-hybridized carbons (Fsp3) is 0.667. The Bertz CT molecular complexity index is 218. The second-order valence-electron chi connectivity index (χ2n) is 2.73. The van der Waals surface area contributed by atoms with E-state index in [-0.39, 0.29) is 6.54 Å². The first-order chi connectivity index (χ1) is 5.54. The number of likely N-dealkylation sites (tertiary alicyclic amines) is 1. The van der Waals surface area contributed by atoms with Gasteiger partial charge in [0.1, 0.15) is 6.04 Å². The number of nitrogens with zero attached hydrogens (tertiary/aromatic N) is 1. The number of nitrogens with two attached hydrogens (primary N) is 2. The summed E-state index contributed by atoms with van der Waals surface area (Å²) in [5, 5.41) is 9.23. The molecule has 1 aliphatic heterocycles. The lowest BCUT2D eigenvalue weighted by Crippen LogP contribution is -2.50. The van der Waals surface area contributed by atoms with Gasteiger partial charge in [0.2, 0.25) is 5.91 Å². The standard InChI is InChI=1S/C6H11N3O3/c7-5(11)4-3(10)1-2-9(4)6(8)12/h3-4,10H,1-2H2,(H2,7,11)(H2,8,12)/t3-,4-/m0/s1. The minimum absolute atomic E-state index is 0.282. The van der Waals surface area contributed by atoms with Crippen molar-refractivity contribution in [1.29, 1.82) is 0 Å². The molecule has 0 aliphatic carbocycles. The van der Waals surface area contributed by atoms with Crippen LogP contribution >= 0.6 is 0 Å². The van der Waals surface area contributed by atoms with Crippen molar-refractivity contribution in [3.05, 3.63) is 0 Å². The average molecular weight is 173 g/mol. The molecule has 0 aromatic carbocycles. The first-order valence-corrected chi connectivity index (χ1v) is 3.57. The van der Waals surface area contributed by atoms with E-state index in [9.17, 15) is 14.7 Å². The highest BCUT2D eigenvalue weighted by Gasteiger charge is 2.38. The lowest BCUT2D eigenvalue weighted by molar-refractivity contribution is -0.123. The first kappa shape index (κ1) is 8.79. The monoisotopic (exact) mass is 173 g/mol. The van der Waals surface area contributed by atoms with Gasteiger partial charge in [0.05, 0.1) is 6.10 Å².